The highest BCUT2D eigenvalue weighted by atomic mass is 19.1. The molecule has 6 heteroatoms. The van der Waals surface area contributed by atoms with Crippen molar-refractivity contribution in [2.24, 2.45) is 5.10 Å². The quantitative estimate of drug-likeness (QED) is 0.398. The second-order valence-electron chi connectivity index (χ2n) is 6.11. The molecule has 0 bridgehead atoms. The number of phenolic OH excluding ortho intramolecular Hbond substituents is 1. The summed E-state index contributed by atoms with van der Waals surface area (Å²) >= 11 is 0. The Hall–Kier alpha value is -3.93. The number of benzene rings is 3. The van der Waals surface area contributed by atoms with Crippen LogP contribution in [0, 0.1) is 5.82 Å². The van der Waals surface area contributed by atoms with Crippen molar-refractivity contribution in [1.29, 1.82) is 0 Å². The van der Waals surface area contributed by atoms with Crippen LogP contribution in [0.2, 0.25) is 0 Å². The number of hydrazone groups is 1. The van der Waals surface area contributed by atoms with E-state index in [-0.39, 0.29) is 11.3 Å². The van der Waals surface area contributed by atoms with Crippen LogP contribution < -0.4 is 5.43 Å². The Bertz CT molecular complexity index is 1110. The predicted molar refractivity (Wildman–Crippen MR) is 107 cm³/mol. The summed E-state index contributed by atoms with van der Waals surface area (Å²) in [4.78, 5) is 0. The minimum absolute atomic E-state index is 0.0672. The fourth-order valence-electron chi connectivity index (χ4n) is 2.78. The monoisotopic (exact) mass is 372 g/mol. The number of phenols is 1. The number of rotatable bonds is 5. The van der Waals surface area contributed by atoms with E-state index in [1.807, 2.05) is 60.7 Å². The number of hydrogen-bond acceptors (Lipinski definition) is 4. The summed E-state index contributed by atoms with van der Waals surface area (Å²) in [6.07, 6.45) is 3.41. The van der Waals surface area contributed by atoms with E-state index in [0.717, 1.165) is 11.4 Å². The van der Waals surface area contributed by atoms with Gasteiger partial charge in [-0.3, -0.25) is 5.43 Å². The molecule has 1 aromatic heterocycles. The van der Waals surface area contributed by atoms with Crippen LogP contribution in [0.25, 0.3) is 5.69 Å². The molecular formula is C22H17FN4O. The highest BCUT2D eigenvalue weighted by Crippen LogP contribution is 2.23. The summed E-state index contributed by atoms with van der Waals surface area (Å²) in [7, 11) is 0. The third-order valence-electron chi connectivity index (χ3n) is 4.16. The van der Waals surface area contributed by atoms with Gasteiger partial charge in [0.25, 0.3) is 0 Å². The average molecular weight is 372 g/mol. The third kappa shape index (κ3) is 3.76. The highest BCUT2D eigenvalue weighted by molar-refractivity contribution is 6.14. The summed E-state index contributed by atoms with van der Waals surface area (Å²) in [5.41, 5.74) is 5.89. The zero-order valence-corrected chi connectivity index (χ0v) is 14.8. The molecule has 0 fully saturated rings. The van der Waals surface area contributed by atoms with Gasteiger partial charge in [-0.25, -0.2) is 9.07 Å². The number of nitrogens with one attached hydrogen (secondary N) is 1. The van der Waals surface area contributed by atoms with E-state index in [1.165, 1.54) is 18.2 Å². The largest absolute Gasteiger partial charge is 0.507 e. The molecule has 0 spiro atoms. The van der Waals surface area contributed by atoms with Crippen molar-refractivity contribution in [3.63, 3.8) is 0 Å². The smallest absolute Gasteiger partial charge is 0.125 e. The van der Waals surface area contributed by atoms with Crippen LogP contribution in [0.1, 0.15) is 11.1 Å². The molecule has 0 aliphatic heterocycles. The highest BCUT2D eigenvalue weighted by Gasteiger charge is 2.16. The number of aromatic nitrogens is 2. The molecule has 4 rings (SSSR count). The fraction of sp³-hybridized carbons (Fsp3) is 0. The number of para-hydroxylation sites is 2. The van der Waals surface area contributed by atoms with Gasteiger partial charge in [0.1, 0.15) is 17.3 Å². The van der Waals surface area contributed by atoms with Crippen molar-refractivity contribution in [1.82, 2.24) is 9.78 Å². The van der Waals surface area contributed by atoms with Crippen molar-refractivity contribution < 1.29 is 9.50 Å². The second kappa shape index (κ2) is 7.75. The Balaban J connectivity index is 1.77. The van der Waals surface area contributed by atoms with Crippen molar-refractivity contribution in [3.8, 4) is 11.4 Å². The van der Waals surface area contributed by atoms with Crippen LogP contribution in [-0.4, -0.2) is 20.6 Å². The molecule has 0 aliphatic rings. The number of halogens is 1. The van der Waals surface area contributed by atoms with E-state index in [1.54, 1.807) is 17.1 Å². The first-order valence-corrected chi connectivity index (χ1v) is 8.69. The molecule has 3 aromatic carbocycles. The number of anilines is 1. The standard InChI is InChI=1S/C22H17FN4O/c23-17-11-12-21(28)20(13-17)22(26-25-18-7-3-1-4-8-18)16-14-24-27(15-16)19-9-5-2-6-10-19/h1-15,25,28H. The third-order valence-corrected chi connectivity index (χ3v) is 4.16. The summed E-state index contributed by atoms with van der Waals surface area (Å²) in [5.74, 6) is -0.530. The molecule has 0 saturated carbocycles. The van der Waals surface area contributed by atoms with Crippen molar-refractivity contribution >= 4 is 11.4 Å². The van der Waals surface area contributed by atoms with E-state index >= 15 is 0 Å². The lowest BCUT2D eigenvalue weighted by Gasteiger charge is -2.09. The Morgan fingerprint density at radius 1 is 0.964 bits per heavy atom. The van der Waals surface area contributed by atoms with E-state index in [4.69, 9.17) is 0 Å². The molecule has 0 unspecified atom stereocenters. The van der Waals surface area contributed by atoms with E-state index in [0.29, 0.717) is 11.3 Å². The summed E-state index contributed by atoms with van der Waals surface area (Å²) in [6.45, 7) is 0. The van der Waals surface area contributed by atoms with Crippen LogP contribution >= 0.6 is 0 Å². The van der Waals surface area contributed by atoms with Gasteiger partial charge in [-0.05, 0) is 42.5 Å². The zero-order chi connectivity index (χ0) is 19.3. The lowest BCUT2D eigenvalue weighted by Crippen LogP contribution is -2.07. The predicted octanol–water partition coefficient (Wildman–Crippen LogP) is 4.58. The van der Waals surface area contributed by atoms with E-state index < -0.39 is 5.82 Å². The van der Waals surface area contributed by atoms with Crippen molar-refractivity contribution in [3.05, 3.63) is 108 Å². The van der Waals surface area contributed by atoms with E-state index in [2.05, 4.69) is 15.6 Å². The number of nitrogens with zero attached hydrogens (tertiary/aromatic N) is 3. The van der Waals surface area contributed by atoms with Gasteiger partial charge in [-0.15, -0.1) is 0 Å². The zero-order valence-electron chi connectivity index (χ0n) is 14.8. The van der Waals surface area contributed by atoms with Gasteiger partial charge >= 0.3 is 0 Å². The molecule has 0 saturated heterocycles. The topological polar surface area (TPSA) is 62.4 Å². The van der Waals surface area contributed by atoms with Crippen LogP contribution in [0.4, 0.5) is 10.1 Å². The van der Waals surface area contributed by atoms with Gasteiger partial charge in [-0.1, -0.05) is 36.4 Å². The normalized spacial score (nSPS) is 11.4. The molecule has 138 valence electrons. The maximum atomic E-state index is 13.8. The van der Waals surface area contributed by atoms with Crippen LogP contribution in [-0.2, 0) is 0 Å². The van der Waals surface area contributed by atoms with Crippen LogP contribution in [0.5, 0.6) is 5.75 Å². The number of aromatic hydroxyl groups is 1. The molecule has 4 aromatic rings. The molecule has 2 N–H and O–H groups in total. The first-order chi connectivity index (χ1) is 13.7. The first-order valence-electron chi connectivity index (χ1n) is 8.69. The molecule has 28 heavy (non-hydrogen) atoms. The Labute approximate surface area is 161 Å². The molecular weight excluding hydrogens is 355 g/mol. The number of hydrogen-bond donors (Lipinski definition) is 2. The van der Waals surface area contributed by atoms with E-state index in [9.17, 15) is 9.50 Å². The average Bonchev–Trinajstić information content (AvgIpc) is 3.22. The van der Waals surface area contributed by atoms with Gasteiger partial charge in [-0.2, -0.15) is 10.2 Å². The molecule has 0 amide bonds. The molecule has 0 atom stereocenters. The van der Waals surface area contributed by atoms with Gasteiger partial charge in [0, 0.05) is 17.3 Å². The minimum Gasteiger partial charge on any atom is -0.507 e. The van der Waals surface area contributed by atoms with Gasteiger partial charge in [0.05, 0.1) is 17.6 Å². The van der Waals surface area contributed by atoms with Gasteiger partial charge in [0.2, 0.25) is 0 Å². The summed E-state index contributed by atoms with van der Waals surface area (Å²) in [6, 6.07) is 22.8. The molecule has 5 nitrogen and oxygen atoms in total. The van der Waals surface area contributed by atoms with Crippen molar-refractivity contribution in [2.75, 3.05) is 5.43 Å². The van der Waals surface area contributed by atoms with Crippen molar-refractivity contribution in [2.45, 2.75) is 0 Å². The maximum absolute atomic E-state index is 13.8. The van der Waals surface area contributed by atoms with Gasteiger partial charge in [0.15, 0.2) is 0 Å². The maximum Gasteiger partial charge on any atom is 0.125 e. The lowest BCUT2D eigenvalue weighted by atomic mass is 10.0. The van der Waals surface area contributed by atoms with Crippen LogP contribution in [0.3, 0.4) is 0 Å². The SMILES string of the molecule is Oc1ccc(F)cc1C(=NNc1ccccc1)c1cnn(-c2ccccc2)c1. The fourth-order valence-corrected chi connectivity index (χ4v) is 2.78. The second-order valence-corrected chi connectivity index (χ2v) is 6.11. The lowest BCUT2D eigenvalue weighted by molar-refractivity contribution is 0.472. The Morgan fingerprint density at radius 3 is 2.43 bits per heavy atom. The molecule has 0 radical (unpaired) electrons. The Morgan fingerprint density at radius 2 is 1.68 bits per heavy atom. The van der Waals surface area contributed by atoms with Gasteiger partial charge < -0.3 is 5.11 Å². The van der Waals surface area contributed by atoms with Crippen LogP contribution in [0.15, 0.2) is 96.4 Å². The summed E-state index contributed by atoms with van der Waals surface area (Å²) < 4.78 is 15.5. The molecule has 0 aliphatic carbocycles. The minimum atomic E-state index is -0.462. The summed E-state index contributed by atoms with van der Waals surface area (Å²) in [5, 5.41) is 19.1. The molecule has 1 heterocycles. The first kappa shape index (κ1) is 17.5. The Kier molecular flexibility index (Phi) is 4.84.